The minimum Gasteiger partial charge on any atom is -0.466 e. The molecule has 6 heteroatoms. The number of esters is 2. The van der Waals surface area contributed by atoms with Gasteiger partial charge in [-0.2, -0.15) is 0 Å². The SMILES string of the molecule is COC(=O)C1=CNC=C(C(=O)OC)C1c1cccc(Oc2ccccc2)c1. The minimum absolute atomic E-state index is 0.303. The third-order valence-corrected chi connectivity index (χ3v) is 4.11. The zero-order valence-electron chi connectivity index (χ0n) is 15.0. The van der Waals surface area contributed by atoms with Gasteiger partial charge in [0.15, 0.2) is 0 Å². The Morgan fingerprint density at radius 2 is 1.41 bits per heavy atom. The summed E-state index contributed by atoms with van der Waals surface area (Å²) in [5.41, 5.74) is 1.31. The second-order valence-corrected chi connectivity index (χ2v) is 5.77. The van der Waals surface area contributed by atoms with Crippen molar-refractivity contribution in [1.82, 2.24) is 5.32 Å². The summed E-state index contributed by atoms with van der Waals surface area (Å²) in [6.07, 6.45) is 3.04. The van der Waals surface area contributed by atoms with Crippen molar-refractivity contribution in [2.24, 2.45) is 0 Å². The van der Waals surface area contributed by atoms with E-state index in [0.29, 0.717) is 28.2 Å². The number of hydrogen-bond acceptors (Lipinski definition) is 6. The van der Waals surface area contributed by atoms with Crippen LogP contribution in [0, 0.1) is 0 Å². The average molecular weight is 365 g/mol. The number of benzene rings is 2. The third kappa shape index (κ3) is 4.00. The molecule has 2 aromatic rings. The van der Waals surface area contributed by atoms with E-state index in [9.17, 15) is 9.59 Å². The van der Waals surface area contributed by atoms with Crippen LogP contribution in [-0.4, -0.2) is 26.2 Å². The van der Waals surface area contributed by atoms with Crippen molar-refractivity contribution in [3.8, 4) is 11.5 Å². The van der Waals surface area contributed by atoms with Crippen molar-refractivity contribution in [3.63, 3.8) is 0 Å². The summed E-state index contributed by atoms with van der Waals surface area (Å²) in [4.78, 5) is 24.5. The fourth-order valence-corrected chi connectivity index (χ4v) is 2.89. The number of carbonyl (C=O) groups is 2. The molecule has 0 spiro atoms. The smallest absolute Gasteiger partial charge is 0.336 e. The Kier molecular flexibility index (Phi) is 5.56. The van der Waals surface area contributed by atoms with Gasteiger partial charge in [0.1, 0.15) is 11.5 Å². The van der Waals surface area contributed by atoms with E-state index in [0.717, 1.165) is 0 Å². The minimum atomic E-state index is -0.634. The van der Waals surface area contributed by atoms with Crippen LogP contribution >= 0.6 is 0 Å². The predicted octanol–water partition coefficient (Wildman–Crippen LogP) is 3.28. The molecular weight excluding hydrogens is 346 g/mol. The Labute approximate surface area is 157 Å². The molecule has 1 aliphatic heterocycles. The Morgan fingerprint density at radius 1 is 0.815 bits per heavy atom. The lowest BCUT2D eigenvalue weighted by atomic mass is 9.83. The summed E-state index contributed by atoms with van der Waals surface area (Å²) in [5, 5.41) is 2.81. The van der Waals surface area contributed by atoms with Gasteiger partial charge in [-0.1, -0.05) is 30.3 Å². The van der Waals surface area contributed by atoms with Crippen LogP contribution in [0.2, 0.25) is 0 Å². The Balaban J connectivity index is 1.99. The van der Waals surface area contributed by atoms with Crippen molar-refractivity contribution >= 4 is 11.9 Å². The summed E-state index contributed by atoms with van der Waals surface area (Å²) < 4.78 is 15.6. The molecule has 0 saturated heterocycles. The highest BCUT2D eigenvalue weighted by molar-refractivity contribution is 5.98. The standard InChI is InChI=1S/C21H19NO5/c1-25-20(23)17-12-22-13-18(21(24)26-2)19(17)14-7-6-10-16(11-14)27-15-8-4-3-5-9-15/h3-13,19,22H,1-2H3. The number of hydrogen-bond donors (Lipinski definition) is 1. The highest BCUT2D eigenvalue weighted by Crippen LogP contribution is 2.36. The van der Waals surface area contributed by atoms with Crippen LogP contribution in [0.25, 0.3) is 0 Å². The van der Waals surface area contributed by atoms with Gasteiger partial charge in [0.05, 0.1) is 31.3 Å². The van der Waals surface area contributed by atoms with E-state index in [1.54, 1.807) is 18.2 Å². The van der Waals surface area contributed by atoms with Crippen LogP contribution in [0.1, 0.15) is 11.5 Å². The quantitative estimate of drug-likeness (QED) is 0.820. The van der Waals surface area contributed by atoms with Gasteiger partial charge in [0.2, 0.25) is 0 Å². The molecule has 2 aromatic carbocycles. The van der Waals surface area contributed by atoms with Gasteiger partial charge in [-0.25, -0.2) is 9.59 Å². The van der Waals surface area contributed by atoms with Crippen molar-refractivity contribution in [2.75, 3.05) is 14.2 Å². The van der Waals surface area contributed by atoms with Gasteiger partial charge in [-0.15, -0.1) is 0 Å². The van der Waals surface area contributed by atoms with Gasteiger partial charge >= 0.3 is 11.9 Å². The normalized spacial score (nSPS) is 13.7. The Hall–Kier alpha value is -3.54. The largest absolute Gasteiger partial charge is 0.466 e. The number of nitrogens with one attached hydrogen (secondary N) is 1. The lowest BCUT2D eigenvalue weighted by molar-refractivity contribution is -0.137. The number of rotatable bonds is 5. The van der Waals surface area contributed by atoms with E-state index < -0.39 is 17.9 Å². The molecule has 1 heterocycles. The molecule has 0 amide bonds. The van der Waals surface area contributed by atoms with Gasteiger partial charge in [-0.05, 0) is 29.8 Å². The van der Waals surface area contributed by atoms with Gasteiger partial charge in [0, 0.05) is 12.4 Å². The first-order valence-corrected chi connectivity index (χ1v) is 8.29. The first-order valence-electron chi connectivity index (χ1n) is 8.29. The maximum Gasteiger partial charge on any atom is 0.336 e. The molecule has 0 bridgehead atoms. The van der Waals surface area contributed by atoms with Crippen molar-refractivity contribution in [1.29, 1.82) is 0 Å². The van der Waals surface area contributed by atoms with Crippen LogP contribution in [0.15, 0.2) is 78.1 Å². The van der Waals surface area contributed by atoms with E-state index in [1.807, 2.05) is 36.4 Å². The second-order valence-electron chi connectivity index (χ2n) is 5.77. The number of para-hydroxylation sites is 1. The molecule has 27 heavy (non-hydrogen) atoms. The van der Waals surface area contributed by atoms with Crippen molar-refractivity contribution in [2.45, 2.75) is 5.92 Å². The predicted molar refractivity (Wildman–Crippen MR) is 99.0 cm³/mol. The van der Waals surface area contributed by atoms with Crippen LogP contribution in [-0.2, 0) is 19.1 Å². The highest BCUT2D eigenvalue weighted by Gasteiger charge is 2.33. The molecule has 0 radical (unpaired) electrons. The third-order valence-electron chi connectivity index (χ3n) is 4.11. The summed E-state index contributed by atoms with van der Waals surface area (Å²) in [6.45, 7) is 0. The molecule has 0 aliphatic carbocycles. The van der Waals surface area contributed by atoms with Gasteiger partial charge in [0.25, 0.3) is 0 Å². The molecule has 0 aromatic heterocycles. The molecule has 6 nitrogen and oxygen atoms in total. The molecule has 0 unspecified atom stereocenters. The van der Waals surface area contributed by atoms with E-state index in [1.165, 1.54) is 26.6 Å². The summed E-state index contributed by atoms with van der Waals surface area (Å²) in [6, 6.07) is 16.6. The first-order chi connectivity index (χ1) is 13.1. The fraction of sp³-hybridized carbons (Fsp3) is 0.143. The van der Waals surface area contributed by atoms with Crippen molar-refractivity contribution < 1.29 is 23.8 Å². The topological polar surface area (TPSA) is 73.9 Å². The number of dihydropyridines is 1. The van der Waals surface area contributed by atoms with E-state index in [4.69, 9.17) is 14.2 Å². The zero-order valence-corrected chi connectivity index (χ0v) is 15.0. The Bertz CT molecular complexity index is 870. The lowest BCUT2D eigenvalue weighted by Crippen LogP contribution is -2.26. The summed E-state index contributed by atoms with van der Waals surface area (Å²) in [5.74, 6) is -0.420. The molecule has 3 rings (SSSR count). The highest BCUT2D eigenvalue weighted by atomic mass is 16.5. The average Bonchev–Trinajstić information content (AvgIpc) is 2.73. The number of carbonyl (C=O) groups excluding carboxylic acids is 2. The van der Waals surface area contributed by atoms with E-state index >= 15 is 0 Å². The first kappa shape index (κ1) is 18.3. The lowest BCUT2D eigenvalue weighted by Gasteiger charge is -2.24. The van der Waals surface area contributed by atoms with E-state index in [2.05, 4.69) is 5.32 Å². The molecule has 0 saturated carbocycles. The summed E-state index contributed by atoms with van der Waals surface area (Å²) in [7, 11) is 2.59. The molecule has 0 fully saturated rings. The van der Waals surface area contributed by atoms with Crippen LogP contribution in [0.4, 0.5) is 0 Å². The summed E-state index contributed by atoms with van der Waals surface area (Å²) >= 11 is 0. The van der Waals surface area contributed by atoms with Crippen LogP contribution < -0.4 is 10.1 Å². The monoisotopic (exact) mass is 365 g/mol. The Morgan fingerprint density at radius 3 is 2.00 bits per heavy atom. The van der Waals surface area contributed by atoms with E-state index in [-0.39, 0.29) is 0 Å². The van der Waals surface area contributed by atoms with Crippen LogP contribution in [0.5, 0.6) is 11.5 Å². The van der Waals surface area contributed by atoms with Crippen LogP contribution in [0.3, 0.4) is 0 Å². The molecule has 1 N–H and O–H groups in total. The zero-order chi connectivity index (χ0) is 19.2. The number of methoxy groups -OCH3 is 2. The molecule has 0 atom stereocenters. The fourth-order valence-electron chi connectivity index (χ4n) is 2.89. The molecule has 138 valence electrons. The maximum atomic E-state index is 12.2. The van der Waals surface area contributed by atoms with Gasteiger partial charge < -0.3 is 19.5 Å². The molecule has 1 aliphatic rings. The van der Waals surface area contributed by atoms with Gasteiger partial charge in [-0.3, -0.25) is 0 Å². The molecular formula is C21H19NO5. The number of ether oxygens (including phenoxy) is 3. The maximum absolute atomic E-state index is 12.2. The van der Waals surface area contributed by atoms with Crippen molar-refractivity contribution in [3.05, 3.63) is 83.7 Å². The second kappa shape index (κ2) is 8.23.